The molecule has 1 rings (SSSR count). The van der Waals surface area contributed by atoms with E-state index in [1.807, 2.05) is 13.8 Å². The molecule has 0 aromatic rings. The Morgan fingerprint density at radius 2 is 2.05 bits per heavy atom. The zero-order chi connectivity index (χ0) is 15.3. The predicted octanol–water partition coefficient (Wildman–Crippen LogP) is 1.29. The Hall–Kier alpha value is -1.30. The molecule has 1 heterocycles. The number of nitrogens with one attached hydrogen (secondary N) is 1. The summed E-state index contributed by atoms with van der Waals surface area (Å²) in [7, 11) is 0. The Bertz CT molecular complexity index is 355. The summed E-state index contributed by atoms with van der Waals surface area (Å²) < 4.78 is 0. The Morgan fingerprint density at radius 1 is 1.40 bits per heavy atom. The quantitative estimate of drug-likeness (QED) is 0.686. The highest BCUT2D eigenvalue weighted by Gasteiger charge is 2.34. The second kappa shape index (κ2) is 6.92. The van der Waals surface area contributed by atoms with Crippen molar-refractivity contribution in [1.29, 1.82) is 0 Å². The van der Waals surface area contributed by atoms with Gasteiger partial charge in [-0.1, -0.05) is 13.8 Å². The molecule has 3 N–H and O–H groups in total. The minimum atomic E-state index is -0.839. The molecule has 0 aromatic heterocycles. The maximum absolute atomic E-state index is 12.0. The van der Waals surface area contributed by atoms with Crippen molar-refractivity contribution in [2.75, 3.05) is 19.6 Å². The molecule has 0 aromatic carbocycles. The minimum absolute atomic E-state index is 0.0560. The van der Waals surface area contributed by atoms with Crippen LogP contribution in [0.1, 0.15) is 40.0 Å². The van der Waals surface area contributed by atoms with Crippen molar-refractivity contribution < 1.29 is 19.8 Å². The number of hydrogen-bond acceptors (Lipinski definition) is 3. The molecule has 0 radical (unpaired) electrons. The highest BCUT2D eigenvalue weighted by Crippen LogP contribution is 2.20. The standard InChI is InChI=1S/C14H26N2O4/c1-10(2)6-11(7-12(17)18)8-15-13(19)16-5-4-14(3,20)9-16/h10-11,20H,4-9H2,1-3H3,(H,15,19)(H,17,18)/t11-,14?/m0/s1. The molecular formula is C14H26N2O4. The summed E-state index contributed by atoms with van der Waals surface area (Å²) in [4.78, 5) is 24.4. The number of hydrogen-bond donors (Lipinski definition) is 3. The van der Waals surface area contributed by atoms with E-state index in [0.29, 0.717) is 32.0 Å². The van der Waals surface area contributed by atoms with Crippen LogP contribution in [0.15, 0.2) is 0 Å². The van der Waals surface area contributed by atoms with Crippen molar-refractivity contribution in [2.24, 2.45) is 11.8 Å². The summed E-state index contributed by atoms with van der Waals surface area (Å²) in [5, 5.41) is 21.5. The van der Waals surface area contributed by atoms with Gasteiger partial charge in [0.1, 0.15) is 0 Å². The molecule has 0 bridgehead atoms. The van der Waals surface area contributed by atoms with Crippen LogP contribution >= 0.6 is 0 Å². The molecular weight excluding hydrogens is 260 g/mol. The van der Waals surface area contributed by atoms with Crippen LogP contribution in [0.2, 0.25) is 0 Å². The molecule has 116 valence electrons. The lowest BCUT2D eigenvalue weighted by atomic mass is 9.94. The maximum Gasteiger partial charge on any atom is 0.317 e. The van der Waals surface area contributed by atoms with Crippen molar-refractivity contribution in [3.05, 3.63) is 0 Å². The van der Waals surface area contributed by atoms with Crippen LogP contribution < -0.4 is 5.32 Å². The molecule has 1 fully saturated rings. The van der Waals surface area contributed by atoms with Gasteiger partial charge in [-0.05, 0) is 31.6 Å². The number of amides is 2. The largest absolute Gasteiger partial charge is 0.481 e. The summed E-state index contributed by atoms with van der Waals surface area (Å²) in [5.74, 6) is -0.502. The molecule has 0 aliphatic carbocycles. The summed E-state index contributed by atoms with van der Waals surface area (Å²) in [6.07, 6.45) is 1.41. The zero-order valence-corrected chi connectivity index (χ0v) is 12.6. The Labute approximate surface area is 120 Å². The molecule has 20 heavy (non-hydrogen) atoms. The van der Waals surface area contributed by atoms with E-state index < -0.39 is 11.6 Å². The van der Waals surface area contributed by atoms with Crippen LogP contribution in [0.5, 0.6) is 0 Å². The number of carbonyl (C=O) groups is 2. The van der Waals surface area contributed by atoms with Crippen molar-refractivity contribution in [3.8, 4) is 0 Å². The van der Waals surface area contributed by atoms with Gasteiger partial charge in [-0.15, -0.1) is 0 Å². The highest BCUT2D eigenvalue weighted by atomic mass is 16.4. The van der Waals surface area contributed by atoms with Gasteiger partial charge in [0.15, 0.2) is 0 Å². The number of β-amino-alcohol motifs (C(OH)–C–C–N with tert-alkyl or cyclic N) is 1. The van der Waals surface area contributed by atoms with Crippen LogP contribution in [-0.4, -0.2) is 52.3 Å². The predicted molar refractivity (Wildman–Crippen MR) is 75.4 cm³/mol. The lowest BCUT2D eigenvalue weighted by molar-refractivity contribution is -0.138. The fourth-order valence-electron chi connectivity index (χ4n) is 2.61. The molecule has 6 nitrogen and oxygen atoms in total. The fraction of sp³-hybridized carbons (Fsp3) is 0.857. The van der Waals surface area contributed by atoms with Crippen molar-refractivity contribution in [3.63, 3.8) is 0 Å². The van der Waals surface area contributed by atoms with Crippen molar-refractivity contribution >= 4 is 12.0 Å². The first-order valence-corrected chi connectivity index (χ1v) is 7.16. The Balaban J connectivity index is 2.42. The normalized spacial score (nSPS) is 23.9. The minimum Gasteiger partial charge on any atom is -0.481 e. The topological polar surface area (TPSA) is 89.9 Å². The van der Waals surface area contributed by atoms with Crippen molar-refractivity contribution in [2.45, 2.75) is 45.6 Å². The first-order valence-electron chi connectivity index (χ1n) is 7.16. The molecule has 1 aliphatic heterocycles. The fourth-order valence-corrected chi connectivity index (χ4v) is 2.61. The van der Waals surface area contributed by atoms with E-state index in [1.165, 1.54) is 0 Å². The Morgan fingerprint density at radius 3 is 2.50 bits per heavy atom. The number of carboxylic acid groups (broad SMARTS) is 1. The van der Waals surface area contributed by atoms with Gasteiger partial charge < -0.3 is 20.4 Å². The lowest BCUT2D eigenvalue weighted by Gasteiger charge is -2.22. The van der Waals surface area contributed by atoms with Crippen LogP contribution in [0.25, 0.3) is 0 Å². The number of aliphatic carboxylic acids is 1. The Kier molecular flexibility index (Phi) is 5.80. The highest BCUT2D eigenvalue weighted by molar-refractivity contribution is 5.74. The number of urea groups is 1. The van der Waals surface area contributed by atoms with Gasteiger partial charge in [-0.2, -0.15) is 0 Å². The zero-order valence-electron chi connectivity index (χ0n) is 12.6. The van der Waals surface area contributed by atoms with E-state index in [2.05, 4.69) is 5.32 Å². The van der Waals surface area contributed by atoms with Crippen LogP contribution in [0, 0.1) is 11.8 Å². The van der Waals surface area contributed by atoms with Gasteiger partial charge >= 0.3 is 12.0 Å². The summed E-state index contributed by atoms with van der Waals surface area (Å²) in [6, 6.07) is -0.220. The molecule has 1 saturated heterocycles. The number of carboxylic acids is 1. The number of rotatable bonds is 6. The third-order valence-electron chi connectivity index (χ3n) is 3.55. The molecule has 2 atom stereocenters. The number of aliphatic hydroxyl groups is 1. The molecule has 0 spiro atoms. The average Bonchev–Trinajstić information content (AvgIpc) is 2.64. The third kappa shape index (κ3) is 5.77. The third-order valence-corrected chi connectivity index (χ3v) is 3.55. The van der Waals surface area contributed by atoms with E-state index in [-0.39, 0.29) is 18.4 Å². The molecule has 1 unspecified atom stereocenters. The van der Waals surface area contributed by atoms with Crippen LogP contribution in [0.4, 0.5) is 4.79 Å². The van der Waals surface area contributed by atoms with Gasteiger partial charge in [0, 0.05) is 19.5 Å². The molecule has 6 heteroatoms. The van der Waals surface area contributed by atoms with Crippen LogP contribution in [0.3, 0.4) is 0 Å². The van der Waals surface area contributed by atoms with Crippen molar-refractivity contribution in [1.82, 2.24) is 10.2 Å². The second-order valence-corrected chi connectivity index (χ2v) is 6.45. The van der Waals surface area contributed by atoms with Gasteiger partial charge in [0.25, 0.3) is 0 Å². The molecule has 1 aliphatic rings. The van der Waals surface area contributed by atoms with Gasteiger partial charge in [0.2, 0.25) is 0 Å². The average molecular weight is 286 g/mol. The van der Waals surface area contributed by atoms with Gasteiger partial charge in [-0.25, -0.2) is 4.79 Å². The van der Waals surface area contributed by atoms with E-state index in [0.717, 1.165) is 6.42 Å². The number of carbonyl (C=O) groups excluding carboxylic acids is 1. The van der Waals surface area contributed by atoms with Gasteiger partial charge in [-0.3, -0.25) is 4.79 Å². The SMILES string of the molecule is CC(C)C[C@H](CNC(=O)N1CCC(C)(O)C1)CC(=O)O. The van der Waals surface area contributed by atoms with E-state index in [1.54, 1.807) is 11.8 Å². The smallest absolute Gasteiger partial charge is 0.317 e. The second-order valence-electron chi connectivity index (χ2n) is 6.45. The first kappa shape index (κ1) is 16.8. The number of nitrogens with zero attached hydrogens (tertiary/aromatic N) is 1. The first-order chi connectivity index (χ1) is 9.19. The summed E-state index contributed by atoms with van der Waals surface area (Å²) in [6.45, 7) is 7.01. The van der Waals surface area contributed by atoms with E-state index >= 15 is 0 Å². The lowest BCUT2D eigenvalue weighted by Crippen LogP contribution is -2.42. The summed E-state index contributed by atoms with van der Waals surface area (Å²) >= 11 is 0. The van der Waals surface area contributed by atoms with Crippen LogP contribution in [-0.2, 0) is 4.79 Å². The monoisotopic (exact) mass is 286 g/mol. The van der Waals surface area contributed by atoms with Gasteiger partial charge in [0.05, 0.1) is 12.1 Å². The van der Waals surface area contributed by atoms with E-state index in [4.69, 9.17) is 5.11 Å². The number of likely N-dealkylation sites (tertiary alicyclic amines) is 1. The van der Waals surface area contributed by atoms with E-state index in [9.17, 15) is 14.7 Å². The summed E-state index contributed by atoms with van der Waals surface area (Å²) in [5.41, 5.74) is -0.810. The maximum atomic E-state index is 12.0. The molecule has 0 saturated carbocycles. The molecule has 2 amide bonds.